The lowest BCUT2D eigenvalue weighted by molar-refractivity contribution is -0.121. The Balaban J connectivity index is 3.37. The molecule has 0 heterocycles. The molecule has 1 amide bonds. The first-order valence-corrected chi connectivity index (χ1v) is 2.53. The normalized spacial score (nSPS) is 12.1. The molecule has 1 unspecified atom stereocenters. The summed E-state index contributed by atoms with van der Waals surface area (Å²) in [5.41, 5.74) is 6.95. The number of nitrogens with one attached hydrogen (secondary N) is 1. The average molecular weight is 131 g/mol. The lowest BCUT2D eigenvalue weighted by Crippen LogP contribution is -2.28. The first kappa shape index (κ1) is 7.87. The minimum atomic E-state index is -0.439. The van der Waals surface area contributed by atoms with Crippen LogP contribution in [0.1, 0.15) is 6.92 Å². The van der Waals surface area contributed by atoms with E-state index in [-0.39, 0.29) is 12.5 Å². The third kappa shape index (κ3) is 3.45. The van der Waals surface area contributed by atoms with Gasteiger partial charge in [-0.05, 0) is 0 Å². The van der Waals surface area contributed by atoms with Crippen molar-refractivity contribution in [1.82, 2.24) is 5.43 Å². The van der Waals surface area contributed by atoms with E-state index < -0.39 is 5.91 Å². The molecular weight excluding hydrogens is 122 g/mol. The summed E-state index contributed by atoms with van der Waals surface area (Å²) in [5.74, 6) is -0.783. The van der Waals surface area contributed by atoms with E-state index in [1.54, 1.807) is 6.92 Å². The van der Waals surface area contributed by atoms with Crippen molar-refractivity contribution in [2.75, 3.05) is 6.54 Å². The van der Waals surface area contributed by atoms with Gasteiger partial charge in [-0.3, -0.25) is 10.2 Å². The van der Waals surface area contributed by atoms with Crippen molar-refractivity contribution in [3.05, 3.63) is 4.91 Å². The molecule has 0 saturated carbocycles. The summed E-state index contributed by atoms with van der Waals surface area (Å²) in [7, 11) is 0. The van der Waals surface area contributed by atoms with Crippen LogP contribution in [-0.4, -0.2) is 12.5 Å². The Labute approximate surface area is 52.6 Å². The monoisotopic (exact) mass is 131 g/mol. The van der Waals surface area contributed by atoms with Gasteiger partial charge in [-0.25, -0.2) is 0 Å². The van der Waals surface area contributed by atoms with Gasteiger partial charge in [-0.2, -0.15) is 0 Å². The second-order valence-electron chi connectivity index (χ2n) is 1.76. The topological polar surface area (TPSA) is 84.6 Å². The molecule has 0 radical (unpaired) electrons. The van der Waals surface area contributed by atoms with Crippen molar-refractivity contribution in [3.8, 4) is 0 Å². The number of hydrogen-bond acceptors (Lipinski definition) is 3. The number of primary amides is 1. The number of nitroso groups, excluding NO2 is 1. The summed E-state index contributed by atoms with van der Waals surface area (Å²) < 4.78 is 0. The molecule has 0 aromatic rings. The molecule has 3 N–H and O–H groups in total. The zero-order chi connectivity index (χ0) is 7.28. The van der Waals surface area contributed by atoms with E-state index in [4.69, 9.17) is 5.73 Å². The van der Waals surface area contributed by atoms with E-state index in [2.05, 4.69) is 10.7 Å². The fourth-order valence-electron chi connectivity index (χ4n) is 0.275. The van der Waals surface area contributed by atoms with Crippen LogP contribution in [0.5, 0.6) is 0 Å². The van der Waals surface area contributed by atoms with Gasteiger partial charge in [0.05, 0.1) is 5.92 Å². The van der Waals surface area contributed by atoms with Crippen molar-refractivity contribution >= 4 is 5.91 Å². The molecule has 0 saturated heterocycles. The van der Waals surface area contributed by atoms with Gasteiger partial charge in [-0.1, -0.05) is 6.92 Å². The highest BCUT2D eigenvalue weighted by Crippen LogP contribution is 1.87. The Morgan fingerprint density at radius 3 is 2.78 bits per heavy atom. The summed E-state index contributed by atoms with van der Waals surface area (Å²) in [6.45, 7) is 1.82. The Bertz CT molecular complexity index is 114. The van der Waals surface area contributed by atoms with Gasteiger partial charge in [0.1, 0.15) is 0 Å². The van der Waals surface area contributed by atoms with Crippen LogP contribution in [0.3, 0.4) is 0 Å². The van der Waals surface area contributed by atoms with E-state index in [1.165, 1.54) is 0 Å². The molecule has 5 heteroatoms. The first-order chi connectivity index (χ1) is 4.18. The van der Waals surface area contributed by atoms with Gasteiger partial charge in [0.2, 0.25) is 5.91 Å². The van der Waals surface area contributed by atoms with Crippen LogP contribution in [0.15, 0.2) is 5.29 Å². The number of hydrogen-bond donors (Lipinski definition) is 2. The smallest absolute Gasteiger partial charge is 0.222 e. The SMILES string of the molecule is CC(CNN=O)C(N)=O. The summed E-state index contributed by atoms with van der Waals surface area (Å²) >= 11 is 0. The van der Waals surface area contributed by atoms with E-state index in [9.17, 15) is 9.70 Å². The maximum Gasteiger partial charge on any atom is 0.222 e. The molecule has 0 aliphatic carbocycles. The molecule has 1 atom stereocenters. The van der Waals surface area contributed by atoms with Gasteiger partial charge in [-0.15, -0.1) is 4.91 Å². The highest BCUT2D eigenvalue weighted by atomic mass is 16.3. The van der Waals surface area contributed by atoms with Crippen molar-refractivity contribution < 1.29 is 4.79 Å². The molecule has 0 aromatic carbocycles. The van der Waals surface area contributed by atoms with Crippen LogP contribution in [0.25, 0.3) is 0 Å². The number of carbonyl (C=O) groups excluding carboxylic acids is 1. The quantitative estimate of drug-likeness (QED) is 0.394. The largest absolute Gasteiger partial charge is 0.369 e. The molecule has 0 aliphatic rings. The average Bonchev–Trinajstić information content (AvgIpc) is 1.82. The third-order valence-corrected chi connectivity index (χ3v) is 0.948. The van der Waals surface area contributed by atoms with Crippen LogP contribution in [0.4, 0.5) is 0 Å². The first-order valence-electron chi connectivity index (χ1n) is 2.53. The van der Waals surface area contributed by atoms with Crippen LogP contribution in [-0.2, 0) is 4.79 Å². The lowest BCUT2D eigenvalue weighted by atomic mass is 10.2. The third-order valence-electron chi connectivity index (χ3n) is 0.948. The molecule has 0 bridgehead atoms. The molecule has 0 spiro atoms. The summed E-state index contributed by atoms with van der Waals surface area (Å²) in [6.07, 6.45) is 0. The van der Waals surface area contributed by atoms with Gasteiger partial charge in [0, 0.05) is 11.8 Å². The van der Waals surface area contributed by atoms with E-state index in [1.807, 2.05) is 0 Å². The number of nitrogens with zero attached hydrogens (tertiary/aromatic N) is 1. The Kier molecular flexibility index (Phi) is 3.34. The fraction of sp³-hybridized carbons (Fsp3) is 0.750. The van der Waals surface area contributed by atoms with Gasteiger partial charge >= 0.3 is 0 Å². The number of amides is 1. The molecule has 9 heavy (non-hydrogen) atoms. The van der Waals surface area contributed by atoms with E-state index >= 15 is 0 Å². The van der Waals surface area contributed by atoms with Crippen molar-refractivity contribution in [2.24, 2.45) is 16.9 Å². The van der Waals surface area contributed by atoms with Crippen LogP contribution >= 0.6 is 0 Å². The van der Waals surface area contributed by atoms with Crippen LogP contribution in [0, 0.1) is 10.8 Å². The van der Waals surface area contributed by atoms with Gasteiger partial charge in [0.15, 0.2) is 0 Å². The van der Waals surface area contributed by atoms with Crippen LogP contribution in [0.2, 0.25) is 0 Å². The lowest BCUT2D eigenvalue weighted by Gasteiger charge is -2.02. The predicted molar refractivity (Wildman–Crippen MR) is 32.2 cm³/mol. The Morgan fingerprint density at radius 2 is 2.44 bits per heavy atom. The van der Waals surface area contributed by atoms with Gasteiger partial charge in [0.25, 0.3) is 0 Å². The second-order valence-corrected chi connectivity index (χ2v) is 1.76. The maximum atomic E-state index is 10.2. The van der Waals surface area contributed by atoms with Crippen LogP contribution < -0.4 is 11.2 Å². The molecule has 0 aliphatic heterocycles. The Hall–Kier alpha value is -1.13. The fourth-order valence-corrected chi connectivity index (χ4v) is 0.275. The standard InChI is InChI=1S/C4H9N3O2/c1-3(4(5)8)2-6-7-9/h3H,2H2,1H3,(H2,5,8)(H,6,9). The molecule has 0 aromatic heterocycles. The highest BCUT2D eigenvalue weighted by Gasteiger charge is 2.06. The second kappa shape index (κ2) is 3.82. The number of rotatable bonds is 4. The van der Waals surface area contributed by atoms with Crippen molar-refractivity contribution in [2.45, 2.75) is 6.92 Å². The Morgan fingerprint density at radius 1 is 1.89 bits per heavy atom. The number of carbonyl (C=O) groups is 1. The zero-order valence-electron chi connectivity index (χ0n) is 5.13. The summed E-state index contributed by atoms with van der Waals surface area (Å²) in [5, 5.41) is 2.35. The molecule has 5 nitrogen and oxygen atoms in total. The maximum absolute atomic E-state index is 10.2. The highest BCUT2D eigenvalue weighted by molar-refractivity contribution is 5.76. The van der Waals surface area contributed by atoms with E-state index in [0.29, 0.717) is 0 Å². The molecule has 0 fully saturated rings. The molecular formula is C4H9N3O2. The van der Waals surface area contributed by atoms with Gasteiger partial charge < -0.3 is 5.73 Å². The molecule has 52 valence electrons. The van der Waals surface area contributed by atoms with Crippen molar-refractivity contribution in [1.29, 1.82) is 0 Å². The number of nitrogens with two attached hydrogens (primary N) is 1. The van der Waals surface area contributed by atoms with Crippen molar-refractivity contribution in [3.63, 3.8) is 0 Å². The zero-order valence-corrected chi connectivity index (χ0v) is 5.13. The summed E-state index contributed by atoms with van der Waals surface area (Å²) in [4.78, 5) is 19.7. The van der Waals surface area contributed by atoms with E-state index in [0.717, 1.165) is 0 Å². The minimum Gasteiger partial charge on any atom is -0.369 e. The predicted octanol–water partition coefficient (Wildman–Crippen LogP) is -0.621. The minimum absolute atomic E-state index is 0.207. The molecule has 0 rings (SSSR count). The summed E-state index contributed by atoms with van der Waals surface area (Å²) in [6, 6.07) is 0.